The predicted octanol–water partition coefficient (Wildman–Crippen LogP) is 2.23. The Hall–Kier alpha value is -1.91. The molecule has 0 fully saturated rings. The molecule has 0 aromatic heterocycles. The van der Waals surface area contributed by atoms with Crippen LogP contribution in [0.15, 0.2) is 29.4 Å². The van der Waals surface area contributed by atoms with Crippen LogP contribution in [0.25, 0.3) is 0 Å². The van der Waals surface area contributed by atoms with Crippen LogP contribution in [0.3, 0.4) is 0 Å². The number of hydrogen-bond donors (Lipinski definition) is 1. The van der Waals surface area contributed by atoms with Crippen LogP contribution in [-0.4, -0.2) is 23.8 Å². The number of benzene rings is 1. The van der Waals surface area contributed by atoms with E-state index in [0.717, 1.165) is 12.0 Å². The Labute approximate surface area is 111 Å². The van der Waals surface area contributed by atoms with Crippen LogP contribution >= 0.6 is 0 Å². The summed E-state index contributed by atoms with van der Waals surface area (Å²) in [6.45, 7) is 3.94. The number of amides is 1. The lowest BCUT2D eigenvalue weighted by Gasteiger charge is -2.14. The SMILES string of the molecule is CC[C@H](C)NC(=O)[C@H]1CC(c2ccc(F)cc2)=NO1. The summed E-state index contributed by atoms with van der Waals surface area (Å²) >= 11 is 0. The third-order valence-corrected chi connectivity index (χ3v) is 3.14. The molecule has 1 aromatic carbocycles. The van der Waals surface area contributed by atoms with Gasteiger partial charge in [-0.05, 0) is 31.0 Å². The summed E-state index contributed by atoms with van der Waals surface area (Å²) in [5, 5.41) is 6.76. The van der Waals surface area contributed by atoms with Crippen molar-refractivity contribution >= 4 is 11.6 Å². The normalized spacial score (nSPS) is 19.5. The van der Waals surface area contributed by atoms with Gasteiger partial charge < -0.3 is 10.2 Å². The zero-order valence-corrected chi connectivity index (χ0v) is 11.0. The summed E-state index contributed by atoms with van der Waals surface area (Å²) in [5.41, 5.74) is 1.45. The molecular formula is C14H17FN2O2. The van der Waals surface area contributed by atoms with E-state index in [-0.39, 0.29) is 17.8 Å². The molecule has 1 aromatic rings. The van der Waals surface area contributed by atoms with Gasteiger partial charge in [0.15, 0.2) is 0 Å². The first kappa shape index (κ1) is 13.5. The monoisotopic (exact) mass is 264 g/mol. The second kappa shape index (κ2) is 5.82. The molecule has 1 amide bonds. The van der Waals surface area contributed by atoms with E-state index >= 15 is 0 Å². The molecule has 1 aliphatic heterocycles. The minimum Gasteiger partial charge on any atom is -0.382 e. The zero-order valence-electron chi connectivity index (χ0n) is 11.0. The standard InChI is InChI=1S/C14H17FN2O2/c1-3-9(2)16-14(18)13-8-12(17-19-13)10-4-6-11(15)7-5-10/h4-7,9,13H,3,8H2,1-2H3,(H,16,18)/t9-,13+/m0/s1. The van der Waals surface area contributed by atoms with E-state index < -0.39 is 6.10 Å². The maximum absolute atomic E-state index is 12.8. The molecule has 2 rings (SSSR count). The van der Waals surface area contributed by atoms with E-state index in [1.807, 2.05) is 13.8 Å². The van der Waals surface area contributed by atoms with Crippen LogP contribution in [0.2, 0.25) is 0 Å². The molecule has 5 heteroatoms. The fraction of sp³-hybridized carbons (Fsp3) is 0.429. The Morgan fingerprint density at radius 1 is 1.53 bits per heavy atom. The Balaban J connectivity index is 1.95. The van der Waals surface area contributed by atoms with E-state index in [1.165, 1.54) is 12.1 Å². The minimum absolute atomic E-state index is 0.117. The molecule has 19 heavy (non-hydrogen) atoms. The molecule has 1 heterocycles. The Morgan fingerprint density at radius 3 is 2.84 bits per heavy atom. The predicted molar refractivity (Wildman–Crippen MR) is 70.3 cm³/mol. The summed E-state index contributed by atoms with van der Waals surface area (Å²) in [6.07, 6.45) is 0.687. The van der Waals surface area contributed by atoms with Crippen molar-refractivity contribution < 1.29 is 14.0 Å². The number of carbonyl (C=O) groups excluding carboxylic acids is 1. The Morgan fingerprint density at radius 2 is 2.21 bits per heavy atom. The van der Waals surface area contributed by atoms with Gasteiger partial charge in [0.1, 0.15) is 5.82 Å². The van der Waals surface area contributed by atoms with Gasteiger partial charge in [0.2, 0.25) is 6.10 Å². The lowest BCUT2D eigenvalue weighted by atomic mass is 10.0. The van der Waals surface area contributed by atoms with Crippen molar-refractivity contribution in [1.82, 2.24) is 5.32 Å². The van der Waals surface area contributed by atoms with Gasteiger partial charge >= 0.3 is 0 Å². The fourth-order valence-electron chi connectivity index (χ4n) is 1.77. The second-order valence-electron chi connectivity index (χ2n) is 4.66. The number of hydrogen-bond acceptors (Lipinski definition) is 3. The summed E-state index contributed by atoms with van der Waals surface area (Å²) in [4.78, 5) is 17.0. The van der Waals surface area contributed by atoms with E-state index in [2.05, 4.69) is 10.5 Å². The van der Waals surface area contributed by atoms with Crippen molar-refractivity contribution in [3.63, 3.8) is 0 Å². The Bertz CT molecular complexity index is 485. The van der Waals surface area contributed by atoms with E-state index in [1.54, 1.807) is 12.1 Å². The van der Waals surface area contributed by atoms with Crippen LogP contribution in [0, 0.1) is 5.82 Å². The third kappa shape index (κ3) is 3.30. The maximum atomic E-state index is 12.8. The van der Waals surface area contributed by atoms with Crippen molar-refractivity contribution in [3.05, 3.63) is 35.6 Å². The number of rotatable bonds is 4. The highest BCUT2D eigenvalue weighted by Gasteiger charge is 2.29. The van der Waals surface area contributed by atoms with Crippen LogP contribution < -0.4 is 5.32 Å². The first-order valence-corrected chi connectivity index (χ1v) is 6.39. The smallest absolute Gasteiger partial charge is 0.264 e. The van der Waals surface area contributed by atoms with Gasteiger partial charge in [0.05, 0.1) is 5.71 Å². The zero-order chi connectivity index (χ0) is 13.8. The minimum atomic E-state index is -0.589. The highest BCUT2D eigenvalue weighted by molar-refractivity contribution is 6.04. The molecule has 0 spiro atoms. The van der Waals surface area contributed by atoms with E-state index in [9.17, 15) is 9.18 Å². The average molecular weight is 264 g/mol. The molecule has 0 saturated carbocycles. The summed E-state index contributed by atoms with van der Waals surface area (Å²) in [7, 11) is 0. The first-order chi connectivity index (χ1) is 9.10. The van der Waals surface area contributed by atoms with Gasteiger partial charge in [-0.15, -0.1) is 0 Å². The number of nitrogens with zero attached hydrogens (tertiary/aromatic N) is 1. The molecule has 0 unspecified atom stereocenters. The lowest BCUT2D eigenvalue weighted by molar-refractivity contribution is -0.131. The Kier molecular flexibility index (Phi) is 4.14. The summed E-state index contributed by atoms with van der Waals surface area (Å²) in [5.74, 6) is -0.454. The molecule has 0 saturated heterocycles. The average Bonchev–Trinajstić information content (AvgIpc) is 2.89. The molecule has 2 atom stereocenters. The van der Waals surface area contributed by atoms with Gasteiger partial charge in [0, 0.05) is 12.5 Å². The molecular weight excluding hydrogens is 247 g/mol. The van der Waals surface area contributed by atoms with Gasteiger partial charge in [-0.25, -0.2) is 4.39 Å². The van der Waals surface area contributed by atoms with Crippen molar-refractivity contribution in [2.45, 2.75) is 38.8 Å². The largest absolute Gasteiger partial charge is 0.382 e. The fourth-order valence-corrected chi connectivity index (χ4v) is 1.77. The highest BCUT2D eigenvalue weighted by atomic mass is 19.1. The molecule has 0 radical (unpaired) electrons. The summed E-state index contributed by atoms with van der Waals surface area (Å²) in [6, 6.07) is 6.11. The van der Waals surface area contributed by atoms with Crippen molar-refractivity contribution in [2.24, 2.45) is 5.16 Å². The number of carbonyl (C=O) groups is 1. The van der Waals surface area contributed by atoms with E-state index in [0.29, 0.717) is 12.1 Å². The van der Waals surface area contributed by atoms with Crippen LogP contribution in [0.1, 0.15) is 32.3 Å². The number of oxime groups is 1. The third-order valence-electron chi connectivity index (χ3n) is 3.14. The van der Waals surface area contributed by atoms with Crippen LogP contribution in [0.5, 0.6) is 0 Å². The van der Waals surface area contributed by atoms with Crippen molar-refractivity contribution in [3.8, 4) is 0 Å². The molecule has 102 valence electrons. The van der Waals surface area contributed by atoms with Crippen LogP contribution in [-0.2, 0) is 9.63 Å². The molecule has 1 N–H and O–H groups in total. The van der Waals surface area contributed by atoms with Gasteiger partial charge in [-0.3, -0.25) is 4.79 Å². The number of halogens is 1. The molecule has 0 bridgehead atoms. The maximum Gasteiger partial charge on any atom is 0.264 e. The van der Waals surface area contributed by atoms with Gasteiger partial charge in [-0.2, -0.15) is 0 Å². The van der Waals surface area contributed by atoms with Gasteiger partial charge in [0.25, 0.3) is 5.91 Å². The van der Waals surface area contributed by atoms with Crippen LogP contribution in [0.4, 0.5) is 4.39 Å². The summed E-state index contributed by atoms with van der Waals surface area (Å²) < 4.78 is 12.8. The first-order valence-electron chi connectivity index (χ1n) is 6.39. The number of nitrogens with one attached hydrogen (secondary N) is 1. The quantitative estimate of drug-likeness (QED) is 0.906. The molecule has 1 aliphatic rings. The topological polar surface area (TPSA) is 50.7 Å². The van der Waals surface area contributed by atoms with Gasteiger partial charge in [-0.1, -0.05) is 24.2 Å². The van der Waals surface area contributed by atoms with E-state index in [4.69, 9.17) is 4.84 Å². The lowest BCUT2D eigenvalue weighted by Crippen LogP contribution is -2.39. The van der Waals surface area contributed by atoms with Crippen molar-refractivity contribution in [2.75, 3.05) is 0 Å². The van der Waals surface area contributed by atoms with Crippen molar-refractivity contribution in [1.29, 1.82) is 0 Å². The second-order valence-corrected chi connectivity index (χ2v) is 4.66. The molecule has 0 aliphatic carbocycles. The highest BCUT2D eigenvalue weighted by Crippen LogP contribution is 2.17. The molecule has 4 nitrogen and oxygen atoms in total.